The monoisotopic (exact) mass is 264 g/mol. The maximum absolute atomic E-state index is 4.35. The predicted molar refractivity (Wildman–Crippen MR) is 80.6 cm³/mol. The van der Waals surface area contributed by atoms with E-state index < -0.39 is 0 Å². The molecule has 0 fully saturated rings. The molecule has 0 spiro atoms. The summed E-state index contributed by atoms with van der Waals surface area (Å²) < 4.78 is 0. The Morgan fingerprint density at radius 2 is 1.95 bits per heavy atom. The molecule has 0 radical (unpaired) electrons. The summed E-state index contributed by atoms with van der Waals surface area (Å²) in [5.74, 6) is 0.870. The lowest BCUT2D eigenvalue weighted by Crippen LogP contribution is -2.04. The van der Waals surface area contributed by atoms with Crippen molar-refractivity contribution in [2.75, 3.05) is 5.32 Å². The number of anilines is 1. The van der Waals surface area contributed by atoms with Crippen LogP contribution in [0, 0.1) is 13.8 Å². The molecule has 3 aromatic rings. The largest absolute Gasteiger partial charge is 0.365 e. The SMILES string of the molecule is Cc1cnccc1CNc1ncnc2c(C)cccc12. The first-order chi connectivity index (χ1) is 9.75. The predicted octanol–water partition coefficient (Wildman–Crippen LogP) is 3.25. The Kier molecular flexibility index (Phi) is 3.29. The minimum absolute atomic E-state index is 0.731. The van der Waals surface area contributed by atoms with Gasteiger partial charge in [0.2, 0.25) is 0 Å². The van der Waals surface area contributed by atoms with Gasteiger partial charge in [-0.05, 0) is 42.7 Å². The zero-order valence-electron chi connectivity index (χ0n) is 11.6. The number of aromatic nitrogens is 3. The molecule has 2 aromatic heterocycles. The normalized spacial score (nSPS) is 10.7. The number of aryl methyl sites for hydroxylation is 2. The summed E-state index contributed by atoms with van der Waals surface area (Å²) in [5, 5.41) is 4.45. The molecule has 1 N–H and O–H groups in total. The number of hydrogen-bond acceptors (Lipinski definition) is 4. The Morgan fingerprint density at radius 3 is 2.80 bits per heavy atom. The fourth-order valence-electron chi connectivity index (χ4n) is 2.26. The van der Waals surface area contributed by atoms with Gasteiger partial charge in [0, 0.05) is 24.3 Å². The molecule has 0 aliphatic heterocycles. The molecule has 0 saturated heterocycles. The minimum Gasteiger partial charge on any atom is -0.365 e. The van der Waals surface area contributed by atoms with E-state index in [9.17, 15) is 0 Å². The number of para-hydroxylation sites is 1. The van der Waals surface area contributed by atoms with E-state index in [0.29, 0.717) is 0 Å². The highest BCUT2D eigenvalue weighted by Gasteiger charge is 2.05. The molecule has 2 heterocycles. The number of rotatable bonds is 3. The van der Waals surface area contributed by atoms with Gasteiger partial charge < -0.3 is 5.32 Å². The van der Waals surface area contributed by atoms with Crippen LogP contribution in [0.2, 0.25) is 0 Å². The number of fused-ring (bicyclic) bond motifs is 1. The van der Waals surface area contributed by atoms with Crippen LogP contribution < -0.4 is 5.32 Å². The lowest BCUT2D eigenvalue weighted by Gasteiger charge is -2.10. The first-order valence-corrected chi connectivity index (χ1v) is 6.59. The fourth-order valence-corrected chi connectivity index (χ4v) is 2.26. The maximum atomic E-state index is 4.35. The molecule has 1 aromatic carbocycles. The lowest BCUT2D eigenvalue weighted by molar-refractivity contribution is 1.07. The number of benzene rings is 1. The zero-order valence-corrected chi connectivity index (χ0v) is 11.6. The number of nitrogens with zero attached hydrogens (tertiary/aromatic N) is 3. The Morgan fingerprint density at radius 1 is 1.05 bits per heavy atom. The number of hydrogen-bond donors (Lipinski definition) is 1. The van der Waals surface area contributed by atoms with Gasteiger partial charge in [0.25, 0.3) is 0 Å². The Hall–Kier alpha value is -2.49. The van der Waals surface area contributed by atoms with Gasteiger partial charge in [-0.25, -0.2) is 9.97 Å². The molecule has 100 valence electrons. The Balaban J connectivity index is 1.92. The van der Waals surface area contributed by atoms with Gasteiger partial charge in [-0.15, -0.1) is 0 Å². The van der Waals surface area contributed by atoms with E-state index in [4.69, 9.17) is 0 Å². The van der Waals surface area contributed by atoms with Crippen LogP contribution in [0.1, 0.15) is 16.7 Å². The Bertz CT molecular complexity index is 752. The van der Waals surface area contributed by atoms with Crippen molar-refractivity contribution < 1.29 is 0 Å². The zero-order chi connectivity index (χ0) is 13.9. The van der Waals surface area contributed by atoms with Crippen LogP contribution >= 0.6 is 0 Å². The van der Waals surface area contributed by atoms with Crippen LogP contribution in [0.15, 0.2) is 43.0 Å². The summed E-state index contributed by atoms with van der Waals surface area (Å²) in [5.41, 5.74) is 4.55. The van der Waals surface area contributed by atoms with Crippen molar-refractivity contribution >= 4 is 16.7 Å². The Labute approximate surface area is 117 Å². The molecule has 20 heavy (non-hydrogen) atoms. The molecule has 4 nitrogen and oxygen atoms in total. The summed E-state index contributed by atoms with van der Waals surface area (Å²) in [6, 6.07) is 8.16. The van der Waals surface area contributed by atoms with Crippen LogP contribution in [-0.4, -0.2) is 15.0 Å². The summed E-state index contributed by atoms with van der Waals surface area (Å²) in [4.78, 5) is 12.8. The quantitative estimate of drug-likeness (QED) is 0.789. The maximum Gasteiger partial charge on any atom is 0.137 e. The van der Waals surface area contributed by atoms with Crippen LogP contribution in [-0.2, 0) is 6.54 Å². The van der Waals surface area contributed by atoms with E-state index in [2.05, 4.69) is 40.2 Å². The van der Waals surface area contributed by atoms with Crippen molar-refractivity contribution in [2.45, 2.75) is 20.4 Å². The summed E-state index contributed by atoms with van der Waals surface area (Å²) in [6.07, 6.45) is 5.29. The highest BCUT2D eigenvalue weighted by atomic mass is 15.0. The van der Waals surface area contributed by atoms with Crippen LogP contribution in [0.5, 0.6) is 0 Å². The second-order valence-electron chi connectivity index (χ2n) is 4.85. The van der Waals surface area contributed by atoms with Crippen molar-refractivity contribution in [2.24, 2.45) is 0 Å². The molecule has 0 aliphatic rings. The van der Waals surface area contributed by atoms with Gasteiger partial charge in [-0.3, -0.25) is 4.98 Å². The van der Waals surface area contributed by atoms with Gasteiger partial charge in [-0.2, -0.15) is 0 Å². The van der Waals surface area contributed by atoms with Crippen LogP contribution in [0.3, 0.4) is 0 Å². The highest BCUT2D eigenvalue weighted by molar-refractivity contribution is 5.90. The van der Waals surface area contributed by atoms with Crippen molar-refractivity contribution in [1.29, 1.82) is 0 Å². The van der Waals surface area contributed by atoms with Gasteiger partial charge in [0.1, 0.15) is 12.1 Å². The topological polar surface area (TPSA) is 50.7 Å². The lowest BCUT2D eigenvalue weighted by atomic mass is 10.1. The summed E-state index contributed by atoms with van der Waals surface area (Å²) in [6.45, 7) is 4.85. The van der Waals surface area contributed by atoms with E-state index in [0.717, 1.165) is 28.8 Å². The third kappa shape index (κ3) is 2.32. The second kappa shape index (κ2) is 5.25. The van der Waals surface area contributed by atoms with E-state index in [1.807, 2.05) is 30.6 Å². The molecular formula is C16H16N4. The molecule has 0 unspecified atom stereocenters. The van der Waals surface area contributed by atoms with E-state index in [1.165, 1.54) is 11.1 Å². The van der Waals surface area contributed by atoms with Crippen molar-refractivity contribution in [1.82, 2.24) is 15.0 Å². The molecule has 0 aliphatic carbocycles. The first-order valence-electron chi connectivity index (χ1n) is 6.59. The third-order valence-electron chi connectivity index (χ3n) is 3.45. The fraction of sp³-hybridized carbons (Fsp3) is 0.188. The van der Waals surface area contributed by atoms with Crippen molar-refractivity contribution in [3.05, 3.63) is 59.7 Å². The van der Waals surface area contributed by atoms with E-state index in [1.54, 1.807) is 6.33 Å². The van der Waals surface area contributed by atoms with Crippen LogP contribution in [0.4, 0.5) is 5.82 Å². The number of nitrogens with one attached hydrogen (secondary N) is 1. The molecule has 0 bridgehead atoms. The summed E-state index contributed by atoms with van der Waals surface area (Å²) >= 11 is 0. The van der Waals surface area contributed by atoms with E-state index >= 15 is 0 Å². The minimum atomic E-state index is 0.731. The highest BCUT2D eigenvalue weighted by Crippen LogP contribution is 2.22. The molecule has 3 rings (SSSR count). The standard InChI is InChI=1S/C16H16N4/c1-11-4-3-5-14-15(11)19-10-20-16(14)18-9-13-6-7-17-8-12(13)2/h3-8,10H,9H2,1-2H3,(H,18,19,20). The van der Waals surface area contributed by atoms with E-state index in [-0.39, 0.29) is 0 Å². The molecular weight excluding hydrogens is 248 g/mol. The smallest absolute Gasteiger partial charge is 0.137 e. The third-order valence-corrected chi connectivity index (χ3v) is 3.45. The average Bonchev–Trinajstić information content (AvgIpc) is 2.47. The van der Waals surface area contributed by atoms with Gasteiger partial charge in [0.05, 0.1) is 5.52 Å². The van der Waals surface area contributed by atoms with Gasteiger partial charge >= 0.3 is 0 Å². The molecule has 0 amide bonds. The molecule has 0 saturated carbocycles. The average molecular weight is 264 g/mol. The van der Waals surface area contributed by atoms with Gasteiger partial charge in [0.15, 0.2) is 0 Å². The van der Waals surface area contributed by atoms with Crippen molar-refractivity contribution in [3.8, 4) is 0 Å². The summed E-state index contributed by atoms with van der Waals surface area (Å²) in [7, 11) is 0. The molecule has 0 atom stereocenters. The van der Waals surface area contributed by atoms with Crippen LogP contribution in [0.25, 0.3) is 10.9 Å². The van der Waals surface area contributed by atoms with Crippen molar-refractivity contribution in [3.63, 3.8) is 0 Å². The van der Waals surface area contributed by atoms with Gasteiger partial charge in [-0.1, -0.05) is 12.1 Å². The first kappa shape index (κ1) is 12.5. The molecule has 4 heteroatoms. The number of pyridine rings is 1. The second-order valence-corrected chi connectivity index (χ2v) is 4.85.